The van der Waals surface area contributed by atoms with E-state index in [-0.39, 0.29) is 12.1 Å². The normalized spacial score (nSPS) is 24.0. The highest BCUT2D eigenvalue weighted by Gasteiger charge is 2.34. The summed E-state index contributed by atoms with van der Waals surface area (Å²) in [5, 5.41) is 0.844. The minimum atomic E-state index is 0.136. The smallest absolute Gasteiger partial charge is 0.0514 e. The number of hydrogen-bond acceptors (Lipinski definition) is 3. The van der Waals surface area contributed by atoms with E-state index in [1.54, 1.807) is 0 Å². The number of piperazine rings is 1. The Bertz CT molecular complexity index is 467. The average Bonchev–Trinajstić information content (AvgIpc) is 3.35. The Hall–Kier alpha value is -0.610. The minimum absolute atomic E-state index is 0.136. The van der Waals surface area contributed by atoms with Crippen molar-refractivity contribution in [1.29, 1.82) is 0 Å². The van der Waals surface area contributed by atoms with Crippen molar-refractivity contribution < 1.29 is 0 Å². The summed E-state index contributed by atoms with van der Waals surface area (Å²) in [6.45, 7) is 6.69. The third kappa shape index (κ3) is 3.42. The zero-order valence-corrected chi connectivity index (χ0v) is 13.6. The molecule has 2 N–H and O–H groups in total. The first-order chi connectivity index (χ1) is 10.2. The van der Waals surface area contributed by atoms with Gasteiger partial charge in [-0.05, 0) is 30.9 Å². The summed E-state index contributed by atoms with van der Waals surface area (Å²) in [6.07, 6.45) is 3.75. The molecule has 1 aliphatic heterocycles. The van der Waals surface area contributed by atoms with Gasteiger partial charge in [0.25, 0.3) is 0 Å². The van der Waals surface area contributed by atoms with Gasteiger partial charge in [0.2, 0.25) is 0 Å². The zero-order valence-electron chi connectivity index (χ0n) is 12.8. The van der Waals surface area contributed by atoms with Crippen molar-refractivity contribution in [2.75, 3.05) is 26.2 Å². The maximum Gasteiger partial charge on any atom is 0.0514 e. The summed E-state index contributed by atoms with van der Waals surface area (Å²) >= 11 is 6.44. The highest BCUT2D eigenvalue weighted by molar-refractivity contribution is 6.31. The predicted octanol–water partition coefficient (Wildman–Crippen LogP) is 2.90. The van der Waals surface area contributed by atoms with Gasteiger partial charge in [0.15, 0.2) is 0 Å². The molecule has 1 aliphatic carbocycles. The number of halogens is 1. The van der Waals surface area contributed by atoms with Crippen LogP contribution in [0.5, 0.6) is 0 Å². The number of nitrogens with zero attached hydrogens (tertiary/aromatic N) is 2. The second kappa shape index (κ2) is 6.66. The molecule has 1 aromatic carbocycles. The second-order valence-corrected chi connectivity index (χ2v) is 6.75. The molecule has 0 amide bonds. The fraction of sp³-hybridized carbons (Fsp3) is 0.647. The molecule has 116 valence electrons. The molecule has 2 unspecified atom stereocenters. The van der Waals surface area contributed by atoms with Crippen molar-refractivity contribution in [2.24, 2.45) is 5.73 Å². The van der Waals surface area contributed by atoms with Crippen LogP contribution in [-0.4, -0.2) is 48.1 Å². The van der Waals surface area contributed by atoms with Crippen molar-refractivity contribution in [3.05, 3.63) is 34.9 Å². The molecule has 0 aromatic heterocycles. The molecular formula is C17H26ClN3. The number of nitrogens with two attached hydrogens (primary N) is 1. The summed E-state index contributed by atoms with van der Waals surface area (Å²) in [5.74, 6) is 0. The lowest BCUT2D eigenvalue weighted by Crippen LogP contribution is -2.51. The molecule has 2 aliphatic rings. The third-order valence-electron chi connectivity index (χ3n) is 4.91. The largest absolute Gasteiger partial charge is 0.326 e. The standard InChI is InChI=1S/C17H26ClN3/c1-2-16(19)17(14-5-3-4-6-15(14)18)21-11-9-20(10-12-21)13-7-8-13/h3-6,13,16-17H,2,7-12,19H2,1H3. The first kappa shape index (κ1) is 15.3. The molecule has 0 radical (unpaired) electrons. The fourth-order valence-electron chi connectivity index (χ4n) is 3.46. The van der Waals surface area contributed by atoms with Crippen molar-refractivity contribution in [2.45, 2.75) is 44.3 Å². The minimum Gasteiger partial charge on any atom is -0.326 e. The second-order valence-electron chi connectivity index (χ2n) is 6.34. The van der Waals surface area contributed by atoms with Gasteiger partial charge >= 0.3 is 0 Å². The van der Waals surface area contributed by atoms with Crippen LogP contribution in [0.4, 0.5) is 0 Å². The van der Waals surface area contributed by atoms with Crippen LogP contribution >= 0.6 is 11.6 Å². The summed E-state index contributed by atoms with van der Waals surface area (Å²) in [7, 11) is 0. The van der Waals surface area contributed by atoms with Gasteiger partial charge in [0, 0.05) is 43.3 Å². The maximum absolute atomic E-state index is 6.44. The molecule has 1 heterocycles. The van der Waals surface area contributed by atoms with Crippen LogP contribution < -0.4 is 5.73 Å². The summed E-state index contributed by atoms with van der Waals surface area (Å²) in [6, 6.07) is 9.42. The van der Waals surface area contributed by atoms with Crippen LogP contribution in [0.15, 0.2) is 24.3 Å². The van der Waals surface area contributed by atoms with E-state index in [1.165, 1.54) is 31.5 Å². The SMILES string of the molecule is CCC(N)C(c1ccccc1Cl)N1CCN(C2CC2)CC1. The molecule has 2 fully saturated rings. The number of rotatable bonds is 5. The Balaban J connectivity index is 1.75. The van der Waals surface area contributed by atoms with Gasteiger partial charge in [0.05, 0.1) is 6.04 Å². The van der Waals surface area contributed by atoms with E-state index in [4.69, 9.17) is 17.3 Å². The van der Waals surface area contributed by atoms with Crippen LogP contribution in [-0.2, 0) is 0 Å². The van der Waals surface area contributed by atoms with E-state index in [1.807, 2.05) is 12.1 Å². The van der Waals surface area contributed by atoms with E-state index in [0.717, 1.165) is 30.6 Å². The van der Waals surface area contributed by atoms with E-state index in [9.17, 15) is 0 Å². The van der Waals surface area contributed by atoms with Crippen LogP contribution in [0.1, 0.15) is 37.8 Å². The maximum atomic E-state index is 6.44. The van der Waals surface area contributed by atoms with Crippen LogP contribution in [0, 0.1) is 0 Å². The van der Waals surface area contributed by atoms with Gasteiger partial charge in [-0.1, -0.05) is 36.7 Å². The quantitative estimate of drug-likeness (QED) is 0.908. The summed E-state index contributed by atoms with van der Waals surface area (Å²) < 4.78 is 0. The molecule has 3 nitrogen and oxygen atoms in total. The molecule has 4 heteroatoms. The van der Waals surface area contributed by atoms with Crippen molar-refractivity contribution >= 4 is 11.6 Å². The topological polar surface area (TPSA) is 32.5 Å². The van der Waals surface area contributed by atoms with Gasteiger partial charge in [-0.2, -0.15) is 0 Å². The Morgan fingerprint density at radius 1 is 1.19 bits per heavy atom. The first-order valence-corrected chi connectivity index (χ1v) is 8.56. The van der Waals surface area contributed by atoms with Gasteiger partial charge in [0.1, 0.15) is 0 Å². The van der Waals surface area contributed by atoms with Gasteiger partial charge < -0.3 is 5.73 Å². The van der Waals surface area contributed by atoms with Crippen molar-refractivity contribution in [3.63, 3.8) is 0 Å². The molecule has 0 bridgehead atoms. The summed E-state index contributed by atoms with van der Waals surface area (Å²) in [4.78, 5) is 5.17. The molecular weight excluding hydrogens is 282 g/mol. The zero-order chi connectivity index (χ0) is 14.8. The lowest BCUT2D eigenvalue weighted by Gasteiger charge is -2.42. The van der Waals surface area contributed by atoms with Gasteiger partial charge in [-0.15, -0.1) is 0 Å². The van der Waals surface area contributed by atoms with Crippen LogP contribution in [0.2, 0.25) is 5.02 Å². The van der Waals surface area contributed by atoms with Gasteiger partial charge in [-0.25, -0.2) is 0 Å². The van der Waals surface area contributed by atoms with Crippen LogP contribution in [0.25, 0.3) is 0 Å². The molecule has 1 saturated carbocycles. The van der Waals surface area contributed by atoms with Crippen molar-refractivity contribution in [3.8, 4) is 0 Å². The monoisotopic (exact) mass is 307 g/mol. The molecule has 0 spiro atoms. The Morgan fingerprint density at radius 2 is 1.86 bits per heavy atom. The van der Waals surface area contributed by atoms with Crippen LogP contribution in [0.3, 0.4) is 0 Å². The lowest BCUT2D eigenvalue weighted by molar-refractivity contribution is 0.0796. The van der Waals surface area contributed by atoms with E-state index in [2.05, 4.69) is 28.9 Å². The highest BCUT2D eigenvalue weighted by atomic mass is 35.5. The van der Waals surface area contributed by atoms with Crippen molar-refractivity contribution in [1.82, 2.24) is 9.80 Å². The molecule has 21 heavy (non-hydrogen) atoms. The Morgan fingerprint density at radius 3 is 2.43 bits per heavy atom. The lowest BCUT2D eigenvalue weighted by atomic mass is 9.95. The van der Waals surface area contributed by atoms with Gasteiger partial charge in [-0.3, -0.25) is 9.80 Å². The average molecular weight is 308 g/mol. The third-order valence-corrected chi connectivity index (χ3v) is 5.25. The molecule has 1 aromatic rings. The summed E-state index contributed by atoms with van der Waals surface area (Å²) in [5.41, 5.74) is 7.63. The Kier molecular flexibility index (Phi) is 4.85. The van der Waals surface area contributed by atoms with E-state index in [0.29, 0.717) is 0 Å². The number of hydrogen-bond donors (Lipinski definition) is 1. The van der Waals surface area contributed by atoms with E-state index < -0.39 is 0 Å². The molecule has 2 atom stereocenters. The predicted molar refractivity (Wildman–Crippen MR) is 88.6 cm³/mol. The first-order valence-electron chi connectivity index (χ1n) is 8.18. The fourth-order valence-corrected chi connectivity index (χ4v) is 3.70. The number of benzene rings is 1. The highest BCUT2D eigenvalue weighted by Crippen LogP contribution is 2.33. The van der Waals surface area contributed by atoms with E-state index >= 15 is 0 Å². The molecule has 3 rings (SSSR count). The molecule has 1 saturated heterocycles. The Labute approximate surface area is 133 Å².